The molecule has 2 saturated heterocycles. The van der Waals surface area contributed by atoms with Gasteiger partial charge in [-0.05, 0) is 63.0 Å². The van der Waals surface area contributed by atoms with Crippen molar-refractivity contribution in [1.29, 1.82) is 0 Å². The maximum atomic E-state index is 14.8. The highest BCUT2D eigenvalue weighted by molar-refractivity contribution is 5.94. The fourth-order valence-electron chi connectivity index (χ4n) is 7.43. The van der Waals surface area contributed by atoms with Crippen molar-refractivity contribution in [3.8, 4) is 0 Å². The molecule has 4 heterocycles. The topological polar surface area (TPSA) is 132 Å². The highest BCUT2D eigenvalue weighted by atomic mass is 19.1. The van der Waals surface area contributed by atoms with Crippen LogP contribution >= 0.6 is 0 Å². The molecule has 0 atom stereocenters. The third kappa shape index (κ3) is 6.88. The summed E-state index contributed by atoms with van der Waals surface area (Å²) >= 11 is 0. The van der Waals surface area contributed by atoms with Crippen LogP contribution in [0.15, 0.2) is 46.2 Å². The lowest BCUT2D eigenvalue weighted by Crippen LogP contribution is -2.46. The second kappa shape index (κ2) is 14.3. The number of hydrogen-bond acceptors (Lipinski definition) is 8. The van der Waals surface area contributed by atoms with Crippen LogP contribution in [0.5, 0.6) is 0 Å². The first-order chi connectivity index (χ1) is 25.0. The van der Waals surface area contributed by atoms with Crippen LogP contribution < -0.4 is 20.7 Å². The van der Waals surface area contributed by atoms with Crippen molar-refractivity contribution < 1.29 is 28.6 Å². The van der Waals surface area contributed by atoms with Crippen LogP contribution in [0.4, 0.5) is 20.2 Å². The zero-order chi connectivity index (χ0) is 36.8. The number of halogens is 2. The van der Waals surface area contributed by atoms with Crippen LogP contribution in [0.3, 0.4) is 0 Å². The van der Waals surface area contributed by atoms with E-state index in [4.69, 9.17) is 0 Å². The zero-order valence-corrected chi connectivity index (χ0v) is 29.5. The van der Waals surface area contributed by atoms with E-state index >= 15 is 0 Å². The lowest BCUT2D eigenvalue weighted by Gasteiger charge is -2.35. The molecule has 2 aromatic heterocycles. The molecule has 0 unspecified atom stereocenters. The lowest BCUT2D eigenvalue weighted by molar-refractivity contribution is 0.0684. The third-order valence-corrected chi connectivity index (χ3v) is 10.9. The van der Waals surface area contributed by atoms with Crippen molar-refractivity contribution >= 4 is 45.1 Å². The maximum absolute atomic E-state index is 14.8. The summed E-state index contributed by atoms with van der Waals surface area (Å²) in [6.45, 7) is 12.6. The summed E-state index contributed by atoms with van der Waals surface area (Å²) in [5.41, 5.74) is 0.390. The second-order valence-corrected chi connectivity index (χ2v) is 14.1. The molecule has 0 spiro atoms. The largest absolute Gasteiger partial charge is 0.477 e. The van der Waals surface area contributed by atoms with Crippen molar-refractivity contribution in [2.75, 3.05) is 75.2 Å². The van der Waals surface area contributed by atoms with Crippen LogP contribution in [0.2, 0.25) is 0 Å². The SMILES string of the molecule is CCN1CCN(c2cc3c(cc2F)c(=O)c(C(=O)O)cn3C2CC2)CC1.CCN1CCN(c2cc3c(cc2F)c(=O)c(C(=O)O)cn3C2CC2)CC1. The molecule has 52 heavy (non-hydrogen) atoms. The number of hydrogen-bond donors (Lipinski definition) is 2. The van der Waals surface area contributed by atoms with Gasteiger partial charge in [0.25, 0.3) is 0 Å². The van der Waals surface area contributed by atoms with E-state index in [1.807, 2.05) is 18.9 Å². The van der Waals surface area contributed by atoms with Gasteiger partial charge in [0.15, 0.2) is 0 Å². The van der Waals surface area contributed by atoms with E-state index in [1.54, 1.807) is 12.1 Å². The van der Waals surface area contributed by atoms with Crippen LogP contribution in [-0.4, -0.2) is 107 Å². The summed E-state index contributed by atoms with van der Waals surface area (Å²) in [5, 5.41) is 18.9. The first kappa shape index (κ1) is 35.6. The van der Waals surface area contributed by atoms with E-state index in [9.17, 15) is 38.2 Å². The number of carboxylic acids is 2. The normalized spacial score (nSPS) is 18.5. The van der Waals surface area contributed by atoms with Gasteiger partial charge in [-0.25, -0.2) is 18.4 Å². The minimum atomic E-state index is -1.27. The number of aromatic nitrogens is 2. The Morgan fingerprint density at radius 3 is 1.25 bits per heavy atom. The number of carboxylic acid groups (broad SMARTS) is 2. The van der Waals surface area contributed by atoms with E-state index in [-0.39, 0.29) is 34.0 Å². The van der Waals surface area contributed by atoms with Gasteiger partial charge in [0, 0.05) is 87.6 Å². The van der Waals surface area contributed by atoms with Gasteiger partial charge >= 0.3 is 11.9 Å². The molecule has 4 fully saturated rings. The average Bonchev–Trinajstić information content (AvgIpc) is 4.07. The molecule has 0 bridgehead atoms. The molecule has 2 aromatic carbocycles. The molecule has 12 nitrogen and oxygen atoms in total. The van der Waals surface area contributed by atoms with Gasteiger partial charge in [-0.1, -0.05) is 13.8 Å². The number of carbonyl (C=O) groups is 2. The summed E-state index contributed by atoms with van der Waals surface area (Å²) in [6, 6.07) is 6.24. The summed E-state index contributed by atoms with van der Waals surface area (Å²) in [5.74, 6) is -3.48. The number of nitrogens with zero attached hydrogens (tertiary/aromatic N) is 6. The Hall–Kier alpha value is -4.82. The van der Waals surface area contributed by atoms with Crippen molar-refractivity contribution in [3.05, 3.63) is 79.9 Å². The number of aromatic carboxylic acids is 2. The van der Waals surface area contributed by atoms with Gasteiger partial charge in [0.05, 0.1) is 22.4 Å². The average molecular weight is 719 g/mol. The van der Waals surface area contributed by atoms with Gasteiger partial charge in [-0.3, -0.25) is 9.59 Å². The van der Waals surface area contributed by atoms with Crippen LogP contribution in [0.1, 0.15) is 72.3 Å². The third-order valence-electron chi connectivity index (χ3n) is 10.9. The van der Waals surface area contributed by atoms with E-state index in [2.05, 4.69) is 23.6 Å². The van der Waals surface area contributed by atoms with Gasteiger partial charge in [-0.2, -0.15) is 0 Å². The van der Waals surface area contributed by atoms with Gasteiger partial charge in [0.1, 0.15) is 22.8 Å². The molecule has 8 rings (SSSR count). The number of pyridine rings is 2. The number of rotatable bonds is 8. The Balaban J connectivity index is 0.000000162. The summed E-state index contributed by atoms with van der Waals surface area (Å²) < 4.78 is 33.3. The summed E-state index contributed by atoms with van der Waals surface area (Å²) in [7, 11) is 0. The van der Waals surface area contributed by atoms with Crippen LogP contribution in [-0.2, 0) is 0 Å². The zero-order valence-electron chi connectivity index (χ0n) is 29.5. The van der Waals surface area contributed by atoms with Gasteiger partial charge < -0.3 is 38.9 Å². The first-order valence-electron chi connectivity index (χ1n) is 18.2. The van der Waals surface area contributed by atoms with Crippen LogP contribution in [0, 0.1) is 11.6 Å². The van der Waals surface area contributed by atoms with E-state index in [0.717, 1.165) is 91.1 Å². The molecule has 276 valence electrons. The molecule has 0 radical (unpaired) electrons. The minimum absolute atomic E-state index is 0.144. The summed E-state index contributed by atoms with van der Waals surface area (Å²) in [6.07, 6.45) is 6.61. The standard InChI is InChI=1S/2C19H22FN3O3/c2*1-2-21-5-7-22(8-6-21)17-10-16-13(9-15(17)20)18(24)14(19(25)26)11-23(16)12-3-4-12/h2*9-12H,2-8H2,1H3,(H,25,26). The Bertz CT molecular complexity index is 2010. The first-order valence-corrected chi connectivity index (χ1v) is 18.2. The van der Waals surface area contributed by atoms with E-state index < -0.39 is 34.4 Å². The number of fused-ring (bicyclic) bond motifs is 2. The highest BCUT2D eigenvalue weighted by Gasteiger charge is 2.30. The Morgan fingerprint density at radius 2 is 0.962 bits per heavy atom. The number of piperazine rings is 2. The van der Waals surface area contributed by atoms with Crippen molar-refractivity contribution in [2.24, 2.45) is 0 Å². The predicted octanol–water partition coefficient (Wildman–Crippen LogP) is 4.63. The fraction of sp³-hybridized carbons (Fsp3) is 0.474. The number of anilines is 2. The molecular weight excluding hydrogens is 674 g/mol. The summed E-state index contributed by atoms with van der Waals surface area (Å²) in [4.78, 5) is 56.5. The Labute approximate surface area is 299 Å². The molecule has 2 saturated carbocycles. The lowest BCUT2D eigenvalue weighted by atomic mass is 10.1. The molecule has 4 aromatic rings. The Kier molecular flexibility index (Phi) is 9.79. The highest BCUT2D eigenvalue weighted by Crippen LogP contribution is 2.39. The van der Waals surface area contributed by atoms with Gasteiger partial charge in [0.2, 0.25) is 10.9 Å². The maximum Gasteiger partial charge on any atom is 0.341 e. The van der Waals surface area contributed by atoms with Crippen molar-refractivity contribution in [1.82, 2.24) is 18.9 Å². The predicted molar refractivity (Wildman–Crippen MR) is 195 cm³/mol. The quantitative estimate of drug-likeness (QED) is 0.266. The van der Waals surface area contributed by atoms with Crippen molar-refractivity contribution in [3.63, 3.8) is 0 Å². The van der Waals surface area contributed by atoms with E-state index in [1.165, 1.54) is 24.5 Å². The molecule has 4 aliphatic rings. The molecule has 2 N–H and O–H groups in total. The molecule has 0 amide bonds. The van der Waals surface area contributed by atoms with Crippen LogP contribution in [0.25, 0.3) is 21.8 Å². The molecular formula is C38H44F2N6O6. The Morgan fingerprint density at radius 1 is 0.615 bits per heavy atom. The second-order valence-electron chi connectivity index (χ2n) is 14.1. The fourth-order valence-corrected chi connectivity index (χ4v) is 7.43. The molecule has 2 aliphatic heterocycles. The monoisotopic (exact) mass is 718 g/mol. The molecule has 2 aliphatic carbocycles. The van der Waals surface area contributed by atoms with Gasteiger partial charge in [-0.15, -0.1) is 0 Å². The molecule has 14 heteroatoms. The minimum Gasteiger partial charge on any atom is -0.477 e. The van der Waals surface area contributed by atoms with Crippen molar-refractivity contribution in [2.45, 2.75) is 51.6 Å². The smallest absolute Gasteiger partial charge is 0.341 e. The number of benzene rings is 2. The van der Waals surface area contributed by atoms with E-state index in [0.29, 0.717) is 22.4 Å². The number of likely N-dealkylation sites (N-methyl/N-ethyl adjacent to an activating group) is 2.